The first kappa shape index (κ1) is 8.12. The van der Waals surface area contributed by atoms with Crippen molar-refractivity contribution in [3.05, 3.63) is 49.1 Å². The van der Waals surface area contributed by atoms with Gasteiger partial charge in [0.25, 0.3) is 0 Å². The van der Waals surface area contributed by atoms with E-state index in [2.05, 4.69) is 0 Å². The minimum Gasteiger partial charge on any atom is -0.236 e. The standard InChI is InChI=1S/C8H8N2O2S/c11-13(12,9-5-1-2-6-9)10-7-3-4-8-10/h1-8H. The molecule has 2 aromatic rings. The number of hydrogen-bond donors (Lipinski definition) is 0. The van der Waals surface area contributed by atoms with Crippen LogP contribution in [0.25, 0.3) is 0 Å². The second kappa shape index (κ2) is 2.77. The molecule has 0 aliphatic rings. The average Bonchev–Trinajstić information content (AvgIpc) is 2.78. The van der Waals surface area contributed by atoms with Crippen LogP contribution in [0.4, 0.5) is 0 Å². The molecule has 0 atom stereocenters. The van der Waals surface area contributed by atoms with Crippen molar-refractivity contribution in [2.75, 3.05) is 0 Å². The van der Waals surface area contributed by atoms with E-state index in [-0.39, 0.29) is 0 Å². The zero-order chi connectivity index (χ0) is 9.31. The van der Waals surface area contributed by atoms with Crippen LogP contribution in [-0.2, 0) is 10.2 Å². The Bertz CT molecular complexity index is 428. The molecule has 0 saturated carbocycles. The van der Waals surface area contributed by atoms with Gasteiger partial charge in [-0.15, -0.1) is 0 Å². The second-order valence-corrected chi connectivity index (χ2v) is 4.27. The van der Waals surface area contributed by atoms with E-state index in [9.17, 15) is 8.42 Å². The fourth-order valence-corrected chi connectivity index (χ4v) is 2.17. The van der Waals surface area contributed by atoms with Crippen LogP contribution < -0.4 is 0 Å². The van der Waals surface area contributed by atoms with Crippen LogP contribution >= 0.6 is 0 Å². The van der Waals surface area contributed by atoms with Gasteiger partial charge in [-0.3, -0.25) is 0 Å². The van der Waals surface area contributed by atoms with Gasteiger partial charge in [0.05, 0.1) is 0 Å². The lowest BCUT2D eigenvalue weighted by Crippen LogP contribution is -2.18. The Morgan fingerprint density at radius 1 is 0.692 bits per heavy atom. The summed E-state index contributed by atoms with van der Waals surface area (Å²) >= 11 is 0. The molecule has 0 saturated heterocycles. The molecule has 2 aromatic heterocycles. The summed E-state index contributed by atoms with van der Waals surface area (Å²) in [7, 11) is -3.42. The molecular weight excluding hydrogens is 188 g/mol. The van der Waals surface area contributed by atoms with Gasteiger partial charge in [-0.2, -0.15) is 8.42 Å². The average molecular weight is 196 g/mol. The molecule has 68 valence electrons. The highest BCUT2D eigenvalue weighted by atomic mass is 32.2. The first-order chi connectivity index (χ1) is 6.21. The third-order valence-corrected chi connectivity index (χ3v) is 3.24. The highest BCUT2D eigenvalue weighted by molar-refractivity contribution is 7.88. The molecule has 0 N–H and O–H groups in total. The van der Waals surface area contributed by atoms with Gasteiger partial charge >= 0.3 is 10.2 Å². The molecule has 0 aliphatic heterocycles. The Labute approximate surface area is 76.2 Å². The van der Waals surface area contributed by atoms with E-state index in [0.717, 1.165) is 7.94 Å². The first-order valence-corrected chi connectivity index (χ1v) is 5.13. The number of rotatable bonds is 2. The van der Waals surface area contributed by atoms with E-state index >= 15 is 0 Å². The number of aromatic nitrogens is 2. The van der Waals surface area contributed by atoms with Crippen molar-refractivity contribution in [1.82, 2.24) is 7.94 Å². The Balaban J connectivity index is 2.56. The van der Waals surface area contributed by atoms with E-state index in [4.69, 9.17) is 0 Å². The molecule has 0 unspecified atom stereocenters. The molecule has 0 radical (unpaired) electrons. The van der Waals surface area contributed by atoms with Crippen LogP contribution in [0, 0.1) is 0 Å². The zero-order valence-corrected chi connectivity index (χ0v) is 7.55. The van der Waals surface area contributed by atoms with E-state index < -0.39 is 10.2 Å². The van der Waals surface area contributed by atoms with Crippen molar-refractivity contribution in [1.29, 1.82) is 0 Å². The number of nitrogens with zero attached hydrogens (tertiary/aromatic N) is 2. The second-order valence-electron chi connectivity index (χ2n) is 2.53. The molecule has 0 aromatic carbocycles. The summed E-state index contributed by atoms with van der Waals surface area (Å²) in [5.41, 5.74) is 0. The van der Waals surface area contributed by atoms with Gasteiger partial charge in [0.2, 0.25) is 0 Å². The number of hydrogen-bond acceptors (Lipinski definition) is 2. The quantitative estimate of drug-likeness (QED) is 0.717. The fraction of sp³-hybridized carbons (Fsp3) is 0. The van der Waals surface area contributed by atoms with E-state index in [1.807, 2.05) is 0 Å². The predicted octanol–water partition coefficient (Wildman–Crippen LogP) is 0.931. The van der Waals surface area contributed by atoms with Gasteiger partial charge in [0.1, 0.15) is 0 Å². The van der Waals surface area contributed by atoms with Gasteiger partial charge in [-0.1, -0.05) is 0 Å². The molecule has 4 nitrogen and oxygen atoms in total. The minimum absolute atomic E-state index is 1.16. The van der Waals surface area contributed by atoms with Crippen LogP contribution in [-0.4, -0.2) is 16.4 Å². The largest absolute Gasteiger partial charge is 0.333 e. The normalized spacial score (nSPS) is 11.7. The van der Waals surface area contributed by atoms with Gasteiger partial charge < -0.3 is 0 Å². The molecule has 0 fully saturated rings. The third-order valence-electron chi connectivity index (χ3n) is 1.69. The summed E-state index contributed by atoms with van der Waals surface area (Å²) in [5, 5.41) is 0. The maximum Gasteiger partial charge on any atom is 0.333 e. The van der Waals surface area contributed by atoms with Crippen molar-refractivity contribution < 1.29 is 8.42 Å². The molecular formula is C8H8N2O2S. The monoisotopic (exact) mass is 196 g/mol. The van der Waals surface area contributed by atoms with Crippen LogP contribution in [0.15, 0.2) is 49.1 Å². The summed E-state index contributed by atoms with van der Waals surface area (Å²) < 4.78 is 25.7. The van der Waals surface area contributed by atoms with Crippen molar-refractivity contribution in [2.45, 2.75) is 0 Å². The van der Waals surface area contributed by atoms with Crippen LogP contribution in [0.5, 0.6) is 0 Å². The van der Waals surface area contributed by atoms with Crippen molar-refractivity contribution in [3.8, 4) is 0 Å². The Kier molecular flexibility index (Phi) is 1.73. The molecule has 2 rings (SSSR count). The topological polar surface area (TPSA) is 44.0 Å². The van der Waals surface area contributed by atoms with Gasteiger partial charge in [-0.25, -0.2) is 7.94 Å². The van der Waals surface area contributed by atoms with Crippen molar-refractivity contribution in [2.24, 2.45) is 0 Å². The van der Waals surface area contributed by atoms with Crippen LogP contribution in [0.2, 0.25) is 0 Å². The molecule has 5 heteroatoms. The predicted molar refractivity (Wildman–Crippen MR) is 48.6 cm³/mol. The summed E-state index contributed by atoms with van der Waals surface area (Å²) in [6.45, 7) is 0. The molecule has 2 heterocycles. The highest BCUT2D eigenvalue weighted by Crippen LogP contribution is 2.03. The zero-order valence-electron chi connectivity index (χ0n) is 6.74. The van der Waals surface area contributed by atoms with Crippen molar-refractivity contribution >= 4 is 10.2 Å². The smallest absolute Gasteiger partial charge is 0.236 e. The lowest BCUT2D eigenvalue weighted by Gasteiger charge is -2.05. The first-order valence-electron chi connectivity index (χ1n) is 3.73. The Morgan fingerprint density at radius 3 is 1.31 bits per heavy atom. The SMILES string of the molecule is O=S(=O)(n1cccc1)n1cccc1. The molecule has 0 bridgehead atoms. The molecule has 0 amide bonds. The van der Waals surface area contributed by atoms with E-state index in [0.29, 0.717) is 0 Å². The molecule has 0 aliphatic carbocycles. The van der Waals surface area contributed by atoms with E-state index in [1.165, 1.54) is 24.8 Å². The fourth-order valence-electron chi connectivity index (χ4n) is 1.05. The molecule has 0 spiro atoms. The van der Waals surface area contributed by atoms with Gasteiger partial charge in [0.15, 0.2) is 0 Å². The third kappa shape index (κ3) is 1.27. The summed E-state index contributed by atoms with van der Waals surface area (Å²) in [5.74, 6) is 0. The maximum atomic E-state index is 11.7. The van der Waals surface area contributed by atoms with Crippen molar-refractivity contribution in [3.63, 3.8) is 0 Å². The summed E-state index contributed by atoms with van der Waals surface area (Å²) in [6.07, 6.45) is 5.98. The van der Waals surface area contributed by atoms with E-state index in [1.54, 1.807) is 24.3 Å². The summed E-state index contributed by atoms with van der Waals surface area (Å²) in [4.78, 5) is 0. The lowest BCUT2D eigenvalue weighted by molar-refractivity contribution is 0.578. The maximum absolute atomic E-state index is 11.7. The lowest BCUT2D eigenvalue weighted by atomic mass is 10.7. The van der Waals surface area contributed by atoms with Gasteiger partial charge in [-0.05, 0) is 24.3 Å². The highest BCUT2D eigenvalue weighted by Gasteiger charge is 2.11. The summed E-state index contributed by atoms with van der Waals surface area (Å²) in [6, 6.07) is 6.67. The Hall–Kier alpha value is -1.49. The van der Waals surface area contributed by atoms with Crippen LogP contribution in [0.3, 0.4) is 0 Å². The van der Waals surface area contributed by atoms with Gasteiger partial charge in [0, 0.05) is 24.8 Å². The molecule has 13 heavy (non-hydrogen) atoms. The minimum atomic E-state index is -3.42. The van der Waals surface area contributed by atoms with Crippen LogP contribution in [0.1, 0.15) is 0 Å². The Morgan fingerprint density at radius 2 is 1.00 bits per heavy atom.